The van der Waals surface area contributed by atoms with E-state index in [0.717, 1.165) is 17.7 Å². The molecule has 0 fully saturated rings. The SMILES string of the molecule is Cc1cccc(Cl)c1-c1cc(F)c(Br)cc1F. The van der Waals surface area contributed by atoms with Gasteiger partial charge in [0, 0.05) is 16.1 Å². The van der Waals surface area contributed by atoms with Crippen molar-refractivity contribution in [2.75, 3.05) is 0 Å². The first-order valence-corrected chi connectivity index (χ1v) is 6.08. The van der Waals surface area contributed by atoms with Crippen molar-refractivity contribution in [1.29, 1.82) is 0 Å². The third-order valence-electron chi connectivity index (χ3n) is 2.50. The fraction of sp³-hybridized carbons (Fsp3) is 0.0769. The highest BCUT2D eigenvalue weighted by molar-refractivity contribution is 9.10. The fourth-order valence-corrected chi connectivity index (χ4v) is 2.33. The van der Waals surface area contributed by atoms with Crippen LogP contribution in [-0.4, -0.2) is 0 Å². The summed E-state index contributed by atoms with van der Waals surface area (Å²) in [4.78, 5) is 0. The summed E-state index contributed by atoms with van der Waals surface area (Å²) < 4.78 is 27.4. The molecule has 17 heavy (non-hydrogen) atoms. The Kier molecular flexibility index (Phi) is 3.50. The molecule has 0 aliphatic rings. The zero-order valence-corrected chi connectivity index (χ0v) is 11.2. The molecule has 0 aromatic heterocycles. The molecule has 2 rings (SSSR count). The quantitative estimate of drug-likeness (QED) is 0.621. The molecule has 0 nitrogen and oxygen atoms in total. The lowest BCUT2D eigenvalue weighted by molar-refractivity contribution is 0.597. The van der Waals surface area contributed by atoms with Crippen LogP contribution in [0.3, 0.4) is 0 Å². The van der Waals surface area contributed by atoms with Crippen LogP contribution in [0.2, 0.25) is 5.02 Å². The van der Waals surface area contributed by atoms with Crippen molar-refractivity contribution in [3.8, 4) is 11.1 Å². The zero-order chi connectivity index (χ0) is 12.6. The number of aryl methyl sites for hydroxylation is 1. The summed E-state index contributed by atoms with van der Waals surface area (Å²) >= 11 is 8.97. The van der Waals surface area contributed by atoms with Gasteiger partial charge in [-0.1, -0.05) is 23.7 Å². The van der Waals surface area contributed by atoms with Gasteiger partial charge in [-0.05, 0) is 46.6 Å². The van der Waals surface area contributed by atoms with E-state index in [1.807, 2.05) is 0 Å². The fourth-order valence-electron chi connectivity index (χ4n) is 1.69. The van der Waals surface area contributed by atoms with E-state index in [1.165, 1.54) is 0 Å². The second kappa shape index (κ2) is 4.75. The number of hydrogen-bond donors (Lipinski definition) is 0. The smallest absolute Gasteiger partial charge is 0.138 e. The van der Waals surface area contributed by atoms with Crippen LogP contribution < -0.4 is 0 Å². The van der Waals surface area contributed by atoms with Gasteiger partial charge in [0.15, 0.2) is 0 Å². The van der Waals surface area contributed by atoms with Gasteiger partial charge in [-0.25, -0.2) is 8.78 Å². The van der Waals surface area contributed by atoms with Crippen molar-refractivity contribution in [2.24, 2.45) is 0 Å². The molecule has 0 saturated carbocycles. The molecule has 0 aliphatic carbocycles. The predicted molar refractivity (Wildman–Crippen MR) is 69.2 cm³/mol. The standard InChI is InChI=1S/C13H8BrClF2/c1-7-3-2-4-10(15)13(7)8-5-12(17)9(14)6-11(8)16/h2-6H,1H3. The first kappa shape index (κ1) is 12.5. The Morgan fingerprint density at radius 1 is 1.12 bits per heavy atom. The maximum Gasteiger partial charge on any atom is 0.138 e. The van der Waals surface area contributed by atoms with Gasteiger partial charge in [0.1, 0.15) is 11.6 Å². The summed E-state index contributed by atoms with van der Waals surface area (Å²) in [6, 6.07) is 7.49. The average Bonchev–Trinajstić information content (AvgIpc) is 2.25. The largest absolute Gasteiger partial charge is 0.206 e. The molecule has 0 atom stereocenters. The van der Waals surface area contributed by atoms with Gasteiger partial charge < -0.3 is 0 Å². The molecule has 0 amide bonds. The summed E-state index contributed by atoms with van der Waals surface area (Å²) in [5, 5.41) is 0.408. The Hall–Kier alpha value is -0.930. The minimum absolute atomic E-state index is 0.100. The minimum Gasteiger partial charge on any atom is -0.206 e. The van der Waals surface area contributed by atoms with E-state index in [-0.39, 0.29) is 10.0 Å². The van der Waals surface area contributed by atoms with Crippen LogP contribution in [0.1, 0.15) is 5.56 Å². The van der Waals surface area contributed by atoms with Crippen LogP contribution in [0.5, 0.6) is 0 Å². The number of hydrogen-bond acceptors (Lipinski definition) is 0. The highest BCUT2D eigenvalue weighted by atomic mass is 79.9. The van der Waals surface area contributed by atoms with E-state index in [2.05, 4.69) is 15.9 Å². The molecule has 0 radical (unpaired) electrons. The van der Waals surface area contributed by atoms with E-state index in [1.54, 1.807) is 25.1 Å². The second-order valence-corrected chi connectivity index (χ2v) is 4.94. The Morgan fingerprint density at radius 2 is 1.82 bits per heavy atom. The van der Waals surface area contributed by atoms with Crippen LogP contribution in [0, 0.1) is 18.6 Å². The first-order chi connectivity index (χ1) is 8.00. The summed E-state index contributed by atoms with van der Waals surface area (Å²) in [7, 11) is 0. The van der Waals surface area contributed by atoms with Crippen LogP contribution in [0.4, 0.5) is 8.78 Å². The van der Waals surface area contributed by atoms with Crippen molar-refractivity contribution in [3.63, 3.8) is 0 Å². The molecule has 0 heterocycles. The Bertz CT molecular complexity index is 562. The molecule has 0 N–H and O–H groups in total. The Balaban J connectivity index is 2.73. The Labute approximate surface area is 111 Å². The van der Waals surface area contributed by atoms with Crippen molar-refractivity contribution in [2.45, 2.75) is 6.92 Å². The Morgan fingerprint density at radius 3 is 2.47 bits per heavy atom. The highest BCUT2D eigenvalue weighted by Crippen LogP contribution is 2.34. The second-order valence-electron chi connectivity index (χ2n) is 3.68. The maximum atomic E-state index is 13.8. The molecule has 0 spiro atoms. The van der Waals surface area contributed by atoms with Crippen molar-refractivity contribution in [1.82, 2.24) is 0 Å². The summed E-state index contributed by atoms with van der Waals surface area (Å²) in [5.74, 6) is -1.02. The van der Waals surface area contributed by atoms with Gasteiger partial charge >= 0.3 is 0 Å². The molecule has 0 aliphatic heterocycles. The molecular weight excluding hydrogens is 309 g/mol. The van der Waals surface area contributed by atoms with Gasteiger partial charge in [-0.15, -0.1) is 0 Å². The van der Waals surface area contributed by atoms with Gasteiger partial charge in [-0.2, -0.15) is 0 Å². The topological polar surface area (TPSA) is 0 Å². The number of rotatable bonds is 1. The normalized spacial score (nSPS) is 10.6. The lowest BCUT2D eigenvalue weighted by Crippen LogP contribution is -1.91. The van der Waals surface area contributed by atoms with E-state index < -0.39 is 11.6 Å². The van der Waals surface area contributed by atoms with Crippen molar-refractivity contribution < 1.29 is 8.78 Å². The molecule has 0 unspecified atom stereocenters. The van der Waals surface area contributed by atoms with Gasteiger partial charge in [0.05, 0.1) is 4.47 Å². The van der Waals surface area contributed by atoms with Crippen LogP contribution in [0.15, 0.2) is 34.8 Å². The number of halogens is 4. The van der Waals surface area contributed by atoms with Crippen molar-refractivity contribution >= 4 is 27.5 Å². The molecule has 4 heteroatoms. The summed E-state index contributed by atoms with van der Waals surface area (Å²) in [5.41, 5.74) is 1.50. The third-order valence-corrected chi connectivity index (χ3v) is 3.42. The average molecular weight is 318 g/mol. The molecule has 88 valence electrons. The zero-order valence-electron chi connectivity index (χ0n) is 8.90. The molecule has 0 saturated heterocycles. The van der Waals surface area contributed by atoms with E-state index in [0.29, 0.717) is 10.6 Å². The van der Waals surface area contributed by atoms with E-state index in [9.17, 15) is 8.78 Å². The van der Waals surface area contributed by atoms with Crippen molar-refractivity contribution in [3.05, 3.63) is 57.0 Å². The minimum atomic E-state index is -0.513. The maximum absolute atomic E-state index is 13.8. The highest BCUT2D eigenvalue weighted by Gasteiger charge is 2.14. The van der Waals surface area contributed by atoms with Gasteiger partial charge in [-0.3, -0.25) is 0 Å². The lowest BCUT2D eigenvalue weighted by atomic mass is 10.00. The van der Waals surface area contributed by atoms with Gasteiger partial charge in [0.2, 0.25) is 0 Å². The summed E-state index contributed by atoms with van der Waals surface area (Å²) in [6.07, 6.45) is 0. The predicted octanol–water partition coefficient (Wildman–Crippen LogP) is 5.36. The van der Waals surface area contributed by atoms with E-state index in [4.69, 9.17) is 11.6 Å². The number of benzene rings is 2. The molecule has 0 bridgehead atoms. The van der Waals surface area contributed by atoms with E-state index >= 15 is 0 Å². The van der Waals surface area contributed by atoms with Crippen LogP contribution >= 0.6 is 27.5 Å². The molecule has 2 aromatic rings. The first-order valence-electron chi connectivity index (χ1n) is 4.90. The molecule has 2 aromatic carbocycles. The van der Waals surface area contributed by atoms with Gasteiger partial charge in [0.25, 0.3) is 0 Å². The third kappa shape index (κ3) is 2.35. The van der Waals surface area contributed by atoms with Crippen LogP contribution in [-0.2, 0) is 0 Å². The van der Waals surface area contributed by atoms with Crippen LogP contribution in [0.25, 0.3) is 11.1 Å². The monoisotopic (exact) mass is 316 g/mol. The lowest BCUT2D eigenvalue weighted by Gasteiger charge is -2.10. The summed E-state index contributed by atoms with van der Waals surface area (Å²) in [6.45, 7) is 1.81. The molecular formula is C13H8BrClF2.